The van der Waals surface area contributed by atoms with Gasteiger partial charge in [-0.3, -0.25) is 4.79 Å². The number of Topliss-reactive ketones (excluding diaryl/α,β-unsaturated/α-hetero) is 1. The molecule has 2 N–H and O–H groups in total. The molecule has 0 amide bonds. The molecule has 5 heteroatoms. The summed E-state index contributed by atoms with van der Waals surface area (Å²) in [4.78, 5) is 27.2. The lowest BCUT2D eigenvalue weighted by molar-refractivity contribution is -0.189. The second-order valence-corrected chi connectivity index (χ2v) is 11.0. The molecule has 0 heterocycles. The van der Waals surface area contributed by atoms with Crippen LogP contribution in [-0.4, -0.2) is 39.8 Å². The van der Waals surface area contributed by atoms with E-state index < -0.39 is 29.2 Å². The van der Waals surface area contributed by atoms with Gasteiger partial charge in [-0.1, -0.05) is 51.1 Å². The Hall–Kier alpha value is -2.24. The fraction of sp³-hybridized carbons (Fsp3) is 0.556. The predicted octanol–water partition coefficient (Wildman–Crippen LogP) is 3.71. The summed E-state index contributed by atoms with van der Waals surface area (Å²) in [6.07, 6.45) is 2.03. The Morgan fingerprint density at radius 3 is 2.44 bits per heavy atom. The molecule has 8 atom stereocenters. The van der Waals surface area contributed by atoms with E-state index in [4.69, 9.17) is 4.74 Å². The van der Waals surface area contributed by atoms with Crippen molar-refractivity contribution in [3.63, 3.8) is 0 Å². The molecule has 5 nitrogen and oxygen atoms in total. The third-order valence-electron chi connectivity index (χ3n) is 9.08. The van der Waals surface area contributed by atoms with Crippen LogP contribution < -0.4 is 0 Å². The van der Waals surface area contributed by atoms with Crippen LogP contribution in [-0.2, 0) is 9.53 Å². The summed E-state index contributed by atoms with van der Waals surface area (Å²) in [5, 5.41) is 23.8. The Kier molecular flexibility index (Phi) is 4.48. The van der Waals surface area contributed by atoms with E-state index in [0.717, 1.165) is 6.42 Å². The van der Waals surface area contributed by atoms with Gasteiger partial charge in [0.25, 0.3) is 0 Å². The van der Waals surface area contributed by atoms with E-state index in [2.05, 4.69) is 13.8 Å². The number of benzene rings is 1. The van der Waals surface area contributed by atoms with Crippen LogP contribution in [0.4, 0.5) is 0 Å². The number of carbonyl (C=O) groups excluding carboxylic acids is 2. The first kappa shape index (κ1) is 21.6. The number of allylic oxidation sites excluding steroid dienone is 1. The second kappa shape index (κ2) is 6.64. The van der Waals surface area contributed by atoms with E-state index in [0.29, 0.717) is 22.6 Å². The van der Waals surface area contributed by atoms with Gasteiger partial charge in [0.2, 0.25) is 0 Å². The minimum Gasteiger partial charge on any atom is -0.451 e. The van der Waals surface area contributed by atoms with Gasteiger partial charge in [0.15, 0.2) is 17.5 Å². The first-order chi connectivity index (χ1) is 15.0. The van der Waals surface area contributed by atoms with Gasteiger partial charge < -0.3 is 14.9 Å². The Bertz CT molecular complexity index is 1050. The number of ketones is 1. The van der Waals surface area contributed by atoms with Gasteiger partial charge >= 0.3 is 5.97 Å². The van der Waals surface area contributed by atoms with Crippen molar-refractivity contribution in [3.05, 3.63) is 59.2 Å². The predicted molar refractivity (Wildman–Crippen MR) is 120 cm³/mol. The van der Waals surface area contributed by atoms with E-state index in [1.54, 1.807) is 38.1 Å². The fourth-order valence-electron chi connectivity index (χ4n) is 7.32. The van der Waals surface area contributed by atoms with Crippen LogP contribution in [0.15, 0.2) is 53.6 Å². The normalized spacial score (nSPS) is 43.8. The maximum absolute atomic E-state index is 14.2. The van der Waals surface area contributed by atoms with Gasteiger partial charge in [0, 0.05) is 5.92 Å². The van der Waals surface area contributed by atoms with Crippen LogP contribution in [0, 0.1) is 34.5 Å². The third kappa shape index (κ3) is 2.47. The Labute approximate surface area is 189 Å². The summed E-state index contributed by atoms with van der Waals surface area (Å²) in [7, 11) is 0. The van der Waals surface area contributed by atoms with E-state index in [1.807, 2.05) is 25.1 Å². The minimum atomic E-state index is -1.95. The topological polar surface area (TPSA) is 83.8 Å². The monoisotopic (exact) mass is 436 g/mol. The molecule has 0 aromatic heterocycles. The molecule has 5 rings (SSSR count). The standard InChI is InChI=1S/C27H32O5/c1-14-11-18-20-19(25(20,4)5)12-16(3)26(22(18)29)13-15(2)23(27(26,31)21(14)28)32-24(30)17-9-7-6-8-10-17/h6-11,13,16,18-21,23,28,31H,12H2,1-5H3/t16-,18+,19-,20+,21-,23+,26?,27+/m1/s1. The number of aliphatic hydroxyl groups excluding tert-OH is 1. The number of hydrogen-bond acceptors (Lipinski definition) is 5. The number of rotatable bonds is 2. The van der Waals surface area contributed by atoms with E-state index in [9.17, 15) is 19.8 Å². The van der Waals surface area contributed by atoms with Crippen molar-refractivity contribution < 1.29 is 24.5 Å². The highest BCUT2D eigenvalue weighted by Gasteiger charge is 2.76. The molecule has 1 aromatic carbocycles. The molecule has 1 spiro atoms. The molecule has 0 radical (unpaired) electrons. The fourth-order valence-corrected chi connectivity index (χ4v) is 7.32. The zero-order valence-corrected chi connectivity index (χ0v) is 19.3. The minimum absolute atomic E-state index is 0.0525. The molecule has 4 aliphatic carbocycles. The van der Waals surface area contributed by atoms with Crippen LogP contribution >= 0.6 is 0 Å². The highest BCUT2D eigenvalue weighted by molar-refractivity contribution is 5.96. The first-order valence-electron chi connectivity index (χ1n) is 11.6. The van der Waals surface area contributed by atoms with Crippen molar-refractivity contribution in [1.82, 2.24) is 0 Å². The lowest BCUT2D eigenvalue weighted by Gasteiger charge is -2.48. The highest BCUT2D eigenvalue weighted by Crippen LogP contribution is 2.71. The Morgan fingerprint density at radius 1 is 1.12 bits per heavy atom. The molecule has 170 valence electrons. The number of ether oxygens (including phenoxy) is 1. The summed E-state index contributed by atoms with van der Waals surface area (Å²) in [6, 6.07) is 8.59. The summed E-state index contributed by atoms with van der Waals surface area (Å²) in [6.45, 7) is 9.95. The van der Waals surface area contributed by atoms with Gasteiger partial charge in [-0.2, -0.15) is 0 Å². The molecule has 2 saturated carbocycles. The maximum Gasteiger partial charge on any atom is 0.338 e. The Balaban J connectivity index is 1.63. The SMILES string of the molecule is CC1=C[C@@H]2C(=O)C3(C=C(C)[C@H](OC(=O)c4ccccc4)[C@@]3(O)[C@@H]1O)[C@H](C)C[C@@H]1[C@H]2C1(C)C. The van der Waals surface area contributed by atoms with Crippen molar-refractivity contribution in [2.24, 2.45) is 34.5 Å². The van der Waals surface area contributed by atoms with Crippen molar-refractivity contribution >= 4 is 11.8 Å². The molecular formula is C27H32O5. The van der Waals surface area contributed by atoms with Gasteiger partial charge in [-0.25, -0.2) is 4.79 Å². The van der Waals surface area contributed by atoms with Gasteiger partial charge in [0.05, 0.1) is 11.0 Å². The zero-order chi connectivity index (χ0) is 23.2. The third-order valence-corrected chi connectivity index (χ3v) is 9.08. The second-order valence-electron chi connectivity index (χ2n) is 11.0. The number of hydrogen-bond donors (Lipinski definition) is 2. The van der Waals surface area contributed by atoms with Crippen LogP contribution in [0.5, 0.6) is 0 Å². The molecule has 1 unspecified atom stereocenters. The van der Waals surface area contributed by atoms with Crippen LogP contribution in [0.2, 0.25) is 0 Å². The van der Waals surface area contributed by atoms with Crippen molar-refractivity contribution in [1.29, 1.82) is 0 Å². The largest absolute Gasteiger partial charge is 0.451 e. The first-order valence-corrected chi connectivity index (χ1v) is 11.6. The molecular weight excluding hydrogens is 404 g/mol. The van der Waals surface area contributed by atoms with E-state index in [-0.39, 0.29) is 29.0 Å². The van der Waals surface area contributed by atoms with Gasteiger partial charge in [0.1, 0.15) is 6.10 Å². The van der Waals surface area contributed by atoms with Crippen molar-refractivity contribution in [3.8, 4) is 0 Å². The molecule has 2 fully saturated rings. The van der Waals surface area contributed by atoms with Gasteiger partial charge in [-0.15, -0.1) is 0 Å². The van der Waals surface area contributed by atoms with E-state index >= 15 is 0 Å². The van der Waals surface area contributed by atoms with Crippen molar-refractivity contribution in [2.45, 2.75) is 58.8 Å². The average molecular weight is 437 g/mol. The molecule has 2 bridgehead atoms. The zero-order valence-electron chi connectivity index (χ0n) is 19.3. The summed E-state index contributed by atoms with van der Waals surface area (Å²) in [5.41, 5.74) is -1.67. The summed E-state index contributed by atoms with van der Waals surface area (Å²) in [5.74, 6) is -0.630. The smallest absolute Gasteiger partial charge is 0.338 e. The Morgan fingerprint density at radius 2 is 1.78 bits per heavy atom. The number of esters is 1. The van der Waals surface area contributed by atoms with Gasteiger partial charge in [-0.05, 0) is 66.7 Å². The number of fused-ring (bicyclic) bond motifs is 3. The van der Waals surface area contributed by atoms with Crippen LogP contribution in [0.1, 0.15) is 51.4 Å². The summed E-state index contributed by atoms with van der Waals surface area (Å²) >= 11 is 0. The highest BCUT2D eigenvalue weighted by atomic mass is 16.6. The molecule has 1 aromatic rings. The average Bonchev–Trinajstić information content (AvgIpc) is 3.24. The molecule has 4 aliphatic rings. The number of carbonyl (C=O) groups is 2. The lowest BCUT2D eigenvalue weighted by atomic mass is 9.59. The molecule has 0 aliphatic heterocycles. The van der Waals surface area contributed by atoms with E-state index in [1.165, 1.54) is 0 Å². The van der Waals surface area contributed by atoms with Crippen LogP contribution in [0.3, 0.4) is 0 Å². The number of aliphatic hydroxyl groups is 2. The molecule has 32 heavy (non-hydrogen) atoms. The lowest BCUT2D eigenvalue weighted by Crippen LogP contribution is -2.65. The summed E-state index contributed by atoms with van der Waals surface area (Å²) < 4.78 is 5.86. The van der Waals surface area contributed by atoms with Crippen molar-refractivity contribution in [2.75, 3.05) is 0 Å². The maximum atomic E-state index is 14.2. The quantitative estimate of drug-likeness (QED) is 0.546. The molecule has 0 saturated heterocycles. The van der Waals surface area contributed by atoms with Crippen LogP contribution in [0.25, 0.3) is 0 Å².